The maximum absolute atomic E-state index is 12.6. The molecule has 1 fully saturated rings. The Morgan fingerprint density at radius 2 is 1.70 bits per heavy atom. The molecule has 12 heteroatoms. The third kappa shape index (κ3) is 7.54. The van der Waals surface area contributed by atoms with Gasteiger partial charge in [0, 0.05) is 38.8 Å². The van der Waals surface area contributed by atoms with Crippen LogP contribution in [0.15, 0.2) is 4.99 Å². The van der Waals surface area contributed by atoms with Crippen molar-refractivity contribution >= 4 is 40.0 Å². The summed E-state index contributed by atoms with van der Waals surface area (Å²) in [6.07, 6.45) is 0.755. The molecule has 2 N–H and O–H groups in total. The van der Waals surface area contributed by atoms with Crippen LogP contribution in [0.25, 0.3) is 0 Å². The zero-order valence-corrected chi connectivity index (χ0v) is 19.6. The lowest BCUT2D eigenvalue weighted by Gasteiger charge is -2.34. The van der Waals surface area contributed by atoms with Gasteiger partial charge in [-0.05, 0) is 46.7 Å². The van der Waals surface area contributed by atoms with Gasteiger partial charge in [0.25, 0.3) is 0 Å². The van der Waals surface area contributed by atoms with Crippen molar-refractivity contribution in [1.29, 1.82) is 0 Å². The highest BCUT2D eigenvalue weighted by molar-refractivity contribution is 14.0. The molecule has 1 aliphatic rings. The fraction of sp³-hybridized carbons (Fsp3) is 0.933. The maximum Gasteiger partial charge on any atom is 0.511 e. The molecule has 1 aliphatic heterocycles. The van der Waals surface area contributed by atoms with Gasteiger partial charge in [0.05, 0.1) is 0 Å². The number of piperidine rings is 1. The van der Waals surface area contributed by atoms with Crippen LogP contribution in [0.3, 0.4) is 0 Å². The average Bonchev–Trinajstić information content (AvgIpc) is 2.54. The highest BCUT2D eigenvalue weighted by atomic mass is 127. The summed E-state index contributed by atoms with van der Waals surface area (Å²) < 4.78 is 61.1. The van der Waals surface area contributed by atoms with Crippen molar-refractivity contribution in [3.63, 3.8) is 0 Å². The molecule has 0 radical (unpaired) electrons. The van der Waals surface area contributed by atoms with Gasteiger partial charge < -0.3 is 15.5 Å². The topological polar surface area (TPSA) is 77.0 Å². The normalized spacial score (nSPS) is 18.3. The summed E-state index contributed by atoms with van der Waals surface area (Å²) >= 11 is 0. The molecule has 1 rings (SSSR count). The fourth-order valence-electron chi connectivity index (χ4n) is 2.42. The summed E-state index contributed by atoms with van der Waals surface area (Å²) in [5, 5.41) is 6.39. The molecule has 1 heterocycles. The van der Waals surface area contributed by atoms with Gasteiger partial charge >= 0.3 is 15.5 Å². The second-order valence-electron chi connectivity index (χ2n) is 7.31. The number of likely N-dealkylation sites (N-methyl/N-ethyl adjacent to an activating group) is 1. The van der Waals surface area contributed by atoms with Crippen molar-refractivity contribution < 1.29 is 21.6 Å². The minimum Gasteiger partial charge on any atom is -0.356 e. The lowest BCUT2D eigenvalue weighted by molar-refractivity contribution is -0.0496. The first-order valence-electron chi connectivity index (χ1n) is 8.49. The highest BCUT2D eigenvalue weighted by Crippen LogP contribution is 2.30. The summed E-state index contributed by atoms with van der Waals surface area (Å²) in [6, 6.07) is 0. The number of sulfonamides is 1. The van der Waals surface area contributed by atoms with E-state index in [2.05, 4.69) is 34.4 Å². The highest BCUT2D eigenvalue weighted by Gasteiger charge is 2.50. The van der Waals surface area contributed by atoms with Gasteiger partial charge in [-0.2, -0.15) is 17.5 Å². The summed E-state index contributed by atoms with van der Waals surface area (Å²) in [6.45, 7) is 5.14. The molecule has 0 aromatic rings. The van der Waals surface area contributed by atoms with Crippen LogP contribution in [0.4, 0.5) is 13.2 Å². The van der Waals surface area contributed by atoms with Gasteiger partial charge in [-0.1, -0.05) is 0 Å². The zero-order valence-electron chi connectivity index (χ0n) is 16.4. The molecule has 0 bridgehead atoms. The summed E-state index contributed by atoms with van der Waals surface area (Å²) in [7, 11) is 0.403. The number of halogens is 4. The van der Waals surface area contributed by atoms with E-state index in [9.17, 15) is 21.6 Å². The summed E-state index contributed by atoms with van der Waals surface area (Å²) in [4.78, 5) is 6.23. The Labute approximate surface area is 177 Å². The molecule has 162 valence electrons. The van der Waals surface area contributed by atoms with Crippen molar-refractivity contribution in [3.8, 4) is 0 Å². The Morgan fingerprint density at radius 1 is 1.19 bits per heavy atom. The number of hydrogen-bond acceptors (Lipinski definition) is 4. The number of hydrogen-bond donors (Lipinski definition) is 2. The van der Waals surface area contributed by atoms with Crippen LogP contribution >= 0.6 is 24.0 Å². The van der Waals surface area contributed by atoms with Crippen molar-refractivity contribution in [2.24, 2.45) is 10.9 Å². The number of alkyl halides is 3. The first kappa shape index (κ1) is 26.7. The number of guanidine groups is 1. The smallest absolute Gasteiger partial charge is 0.356 e. The third-order valence-corrected chi connectivity index (χ3v) is 6.52. The second kappa shape index (κ2) is 10.4. The first-order chi connectivity index (χ1) is 11.8. The Bertz CT molecular complexity index is 589. The monoisotopic (exact) mass is 529 g/mol. The van der Waals surface area contributed by atoms with Gasteiger partial charge in [0.2, 0.25) is 0 Å². The van der Waals surface area contributed by atoms with Gasteiger partial charge in [-0.3, -0.25) is 4.99 Å². The lowest BCUT2D eigenvalue weighted by Crippen LogP contribution is -2.51. The summed E-state index contributed by atoms with van der Waals surface area (Å²) in [5.41, 5.74) is -5.31. The second-order valence-corrected chi connectivity index (χ2v) is 9.24. The van der Waals surface area contributed by atoms with E-state index in [1.54, 1.807) is 7.05 Å². The summed E-state index contributed by atoms with van der Waals surface area (Å²) in [5.74, 6) is 0.709. The molecule has 27 heavy (non-hydrogen) atoms. The third-order valence-electron chi connectivity index (χ3n) is 4.89. The molecule has 0 saturated carbocycles. The van der Waals surface area contributed by atoms with E-state index in [0.29, 0.717) is 36.2 Å². The molecule has 0 unspecified atom stereocenters. The van der Waals surface area contributed by atoms with Crippen LogP contribution in [0, 0.1) is 5.92 Å². The van der Waals surface area contributed by atoms with Crippen molar-refractivity contribution in [2.45, 2.75) is 37.7 Å². The van der Waals surface area contributed by atoms with E-state index >= 15 is 0 Å². The minimum atomic E-state index is -5.23. The zero-order chi connectivity index (χ0) is 20.2. The Kier molecular flexibility index (Phi) is 10.3. The van der Waals surface area contributed by atoms with Crippen LogP contribution in [0.1, 0.15) is 26.7 Å². The largest absolute Gasteiger partial charge is 0.511 e. The molecule has 0 spiro atoms. The van der Waals surface area contributed by atoms with Crippen LogP contribution in [-0.2, 0) is 10.0 Å². The number of nitrogens with one attached hydrogen (secondary N) is 2. The quantitative estimate of drug-likeness (QED) is 0.311. The fourth-order valence-corrected chi connectivity index (χ4v) is 3.40. The Hall–Kier alpha value is -0.340. The predicted molar refractivity (Wildman–Crippen MR) is 112 cm³/mol. The molecule has 7 nitrogen and oxygen atoms in total. The van der Waals surface area contributed by atoms with E-state index < -0.39 is 15.5 Å². The molecular weight excluding hydrogens is 498 g/mol. The number of rotatable bonds is 6. The molecule has 1 saturated heterocycles. The molecule has 0 aliphatic carbocycles. The Balaban J connectivity index is 0.00000676. The SMILES string of the molecule is CN=C(NCC1CCN(S(=O)(=O)C(F)(F)F)CC1)NCC(C)(C)N(C)C.I. The molecular formula is C15H31F3IN5O2S. The van der Waals surface area contributed by atoms with Gasteiger partial charge in [0.15, 0.2) is 5.96 Å². The Morgan fingerprint density at radius 3 is 2.11 bits per heavy atom. The number of nitrogens with zero attached hydrogens (tertiary/aromatic N) is 3. The van der Waals surface area contributed by atoms with E-state index in [1.165, 1.54) is 0 Å². The van der Waals surface area contributed by atoms with E-state index in [1.807, 2.05) is 14.1 Å². The molecule has 0 aromatic heterocycles. The van der Waals surface area contributed by atoms with E-state index in [-0.39, 0.29) is 48.5 Å². The van der Waals surface area contributed by atoms with Crippen LogP contribution in [-0.4, -0.2) is 82.0 Å². The van der Waals surface area contributed by atoms with E-state index in [0.717, 1.165) is 0 Å². The van der Waals surface area contributed by atoms with Crippen LogP contribution < -0.4 is 10.6 Å². The molecule has 0 atom stereocenters. The lowest BCUT2D eigenvalue weighted by atomic mass is 9.98. The molecule has 0 amide bonds. The van der Waals surface area contributed by atoms with Crippen LogP contribution in [0.5, 0.6) is 0 Å². The maximum atomic E-state index is 12.6. The first-order valence-corrected chi connectivity index (χ1v) is 9.93. The number of aliphatic imine (C=N–C) groups is 1. The predicted octanol–water partition coefficient (Wildman–Crippen LogP) is 1.67. The minimum absolute atomic E-state index is 0. The average molecular weight is 529 g/mol. The van der Waals surface area contributed by atoms with Gasteiger partial charge in [-0.15, -0.1) is 24.0 Å². The van der Waals surface area contributed by atoms with Crippen molar-refractivity contribution in [3.05, 3.63) is 0 Å². The van der Waals surface area contributed by atoms with Crippen molar-refractivity contribution in [1.82, 2.24) is 19.8 Å². The molecule has 0 aromatic carbocycles. The standard InChI is InChI=1S/C15H30F3N5O2S.HI/c1-14(2,22(4)5)11-21-13(19-3)20-10-12-6-8-23(9-7-12)26(24,25)15(16,17)18;/h12H,6-11H2,1-5H3,(H2,19,20,21);1H. The van der Waals surface area contributed by atoms with Gasteiger partial charge in [-0.25, -0.2) is 8.42 Å². The van der Waals surface area contributed by atoms with E-state index in [4.69, 9.17) is 0 Å². The van der Waals surface area contributed by atoms with Crippen molar-refractivity contribution in [2.75, 3.05) is 47.3 Å². The van der Waals surface area contributed by atoms with Crippen LogP contribution in [0.2, 0.25) is 0 Å². The van der Waals surface area contributed by atoms with Gasteiger partial charge in [0.1, 0.15) is 0 Å².